The number of nitrogens with zero attached hydrogens (tertiary/aromatic N) is 2. The van der Waals surface area contributed by atoms with Gasteiger partial charge < -0.3 is 15.3 Å². The normalized spacial score (nSPS) is 38.4. The second kappa shape index (κ2) is 9.40. The number of pyridine rings is 1. The van der Waals surface area contributed by atoms with Crippen molar-refractivity contribution in [1.82, 2.24) is 10.3 Å². The van der Waals surface area contributed by atoms with E-state index in [0.717, 1.165) is 56.2 Å². The van der Waals surface area contributed by atoms with Gasteiger partial charge in [0.1, 0.15) is 5.60 Å². The lowest BCUT2D eigenvalue weighted by Gasteiger charge is -2.59. The molecule has 2 N–H and O–H groups in total. The van der Waals surface area contributed by atoms with Gasteiger partial charge in [-0.25, -0.2) is 0 Å². The number of fused-ring (bicyclic) bond motifs is 5. The highest BCUT2D eigenvalue weighted by Crippen LogP contribution is 2.67. The number of aromatic nitrogens is 1. The molecule has 7 heteroatoms. The minimum Gasteiger partial charge on any atom is -0.385 e. The summed E-state index contributed by atoms with van der Waals surface area (Å²) in [6, 6.07) is 3.75. The molecule has 3 unspecified atom stereocenters. The van der Waals surface area contributed by atoms with E-state index < -0.39 is 5.60 Å². The lowest BCUT2D eigenvalue weighted by Crippen LogP contribution is -2.57. The summed E-state index contributed by atoms with van der Waals surface area (Å²) in [5.74, 6) is 1.28. The van der Waals surface area contributed by atoms with E-state index in [1.54, 1.807) is 19.3 Å². The minimum atomic E-state index is -1.16. The highest BCUT2D eigenvalue weighted by atomic mass is 16.6. The van der Waals surface area contributed by atoms with E-state index in [2.05, 4.69) is 35.4 Å². The number of allylic oxidation sites excluding steroid dienone is 2. The van der Waals surface area contributed by atoms with E-state index in [4.69, 9.17) is 4.84 Å². The number of hydrogen-bond acceptors (Lipinski definition) is 6. The number of Topliss-reactive ketones (excluding diaryl/α,β-unsaturated/α-hetero) is 1. The van der Waals surface area contributed by atoms with Crippen LogP contribution in [0.15, 0.2) is 41.3 Å². The fourth-order valence-corrected chi connectivity index (χ4v) is 8.17. The first-order valence-electron chi connectivity index (χ1n) is 13.5. The Labute approximate surface area is 213 Å². The van der Waals surface area contributed by atoms with E-state index in [1.165, 1.54) is 5.57 Å². The summed E-state index contributed by atoms with van der Waals surface area (Å²) in [6.07, 6.45) is 13.1. The zero-order chi connectivity index (χ0) is 25.6. The molecule has 194 valence electrons. The highest BCUT2D eigenvalue weighted by molar-refractivity contribution is 5.96. The summed E-state index contributed by atoms with van der Waals surface area (Å²) < 4.78 is 0. The molecule has 0 saturated heterocycles. The van der Waals surface area contributed by atoms with Gasteiger partial charge in [-0.05, 0) is 99.2 Å². The van der Waals surface area contributed by atoms with Gasteiger partial charge >= 0.3 is 0 Å². The molecule has 1 aromatic heterocycles. The van der Waals surface area contributed by atoms with Crippen LogP contribution in [0.25, 0.3) is 0 Å². The summed E-state index contributed by atoms with van der Waals surface area (Å²) in [5.41, 5.74) is 1.96. The number of rotatable bonds is 6. The van der Waals surface area contributed by atoms with Gasteiger partial charge in [-0.1, -0.05) is 30.6 Å². The Morgan fingerprint density at radius 3 is 2.72 bits per heavy atom. The molecule has 36 heavy (non-hydrogen) atoms. The van der Waals surface area contributed by atoms with Crippen LogP contribution in [0.3, 0.4) is 0 Å². The topological polar surface area (TPSA) is 101 Å². The second-order valence-corrected chi connectivity index (χ2v) is 11.9. The summed E-state index contributed by atoms with van der Waals surface area (Å²) in [6.45, 7) is 6.46. The number of amides is 1. The maximum atomic E-state index is 12.4. The quantitative estimate of drug-likeness (QED) is 0.574. The number of nitrogens with one attached hydrogen (secondary N) is 1. The first-order chi connectivity index (χ1) is 17.2. The van der Waals surface area contributed by atoms with Crippen molar-refractivity contribution in [2.45, 2.75) is 84.3 Å². The van der Waals surface area contributed by atoms with Gasteiger partial charge in [-0.3, -0.25) is 14.6 Å². The van der Waals surface area contributed by atoms with Gasteiger partial charge in [-0.15, -0.1) is 0 Å². The lowest BCUT2D eigenvalue weighted by molar-refractivity contribution is -0.159. The number of hydrogen-bond donors (Lipinski definition) is 2. The van der Waals surface area contributed by atoms with E-state index >= 15 is 0 Å². The Bertz CT molecular complexity index is 1090. The van der Waals surface area contributed by atoms with Crippen LogP contribution in [0.5, 0.6) is 0 Å². The molecule has 0 bridgehead atoms. The molecule has 0 aromatic carbocycles. The van der Waals surface area contributed by atoms with Gasteiger partial charge in [0.05, 0.1) is 5.71 Å². The SMILES string of the molecule is CC(=O)[C@@]1(O)CCC2C3CCC4=C/C(=N\OCC(=O)NCc5cccnc5)CC[C@]4(C)C3CC[C@@]21C. The third kappa shape index (κ3) is 4.09. The monoisotopic (exact) mass is 493 g/mol. The first kappa shape index (κ1) is 25.1. The minimum absolute atomic E-state index is 0.0576. The highest BCUT2D eigenvalue weighted by Gasteiger charge is 2.65. The summed E-state index contributed by atoms with van der Waals surface area (Å²) in [5, 5.41) is 18.5. The molecule has 1 heterocycles. The van der Waals surface area contributed by atoms with Crippen LogP contribution >= 0.6 is 0 Å². The van der Waals surface area contributed by atoms with Crippen molar-refractivity contribution < 1.29 is 19.5 Å². The van der Waals surface area contributed by atoms with Crippen LogP contribution in [0, 0.1) is 28.6 Å². The van der Waals surface area contributed by atoms with Crippen LogP contribution in [-0.4, -0.2) is 39.7 Å². The Kier molecular flexibility index (Phi) is 6.56. The zero-order valence-corrected chi connectivity index (χ0v) is 21.8. The standard InChI is InChI=1S/C29H39N3O4/c1-19(33)29(35)13-10-25-23-7-6-21-15-22(8-11-27(21,2)24(23)9-12-28(25,29)3)32-36-18-26(34)31-17-20-5-4-14-30-16-20/h4-5,14-16,23-25,35H,6-13,17-18H2,1-3H3,(H,31,34)/b32-22-/t23?,24?,25?,27-,28-,29-/m0/s1. The average Bonchev–Trinajstić information content (AvgIpc) is 3.15. The number of ketones is 1. The Hall–Kier alpha value is -2.54. The molecule has 6 atom stereocenters. The number of carbonyl (C=O) groups is 2. The second-order valence-electron chi connectivity index (χ2n) is 11.9. The van der Waals surface area contributed by atoms with E-state index in [9.17, 15) is 14.7 Å². The molecule has 0 spiro atoms. The Balaban J connectivity index is 1.22. The Morgan fingerprint density at radius 2 is 1.97 bits per heavy atom. The maximum Gasteiger partial charge on any atom is 0.261 e. The summed E-state index contributed by atoms with van der Waals surface area (Å²) in [4.78, 5) is 34.0. The van der Waals surface area contributed by atoms with Crippen molar-refractivity contribution >= 4 is 17.4 Å². The average molecular weight is 494 g/mol. The van der Waals surface area contributed by atoms with Gasteiger partial charge in [0.25, 0.3) is 5.91 Å². The summed E-state index contributed by atoms with van der Waals surface area (Å²) >= 11 is 0. The fraction of sp³-hybridized carbons (Fsp3) is 0.655. The van der Waals surface area contributed by atoms with Crippen molar-refractivity contribution in [3.8, 4) is 0 Å². The largest absolute Gasteiger partial charge is 0.385 e. The van der Waals surface area contributed by atoms with Gasteiger partial charge in [0.15, 0.2) is 12.4 Å². The van der Waals surface area contributed by atoms with Crippen molar-refractivity contribution in [3.05, 3.63) is 41.7 Å². The van der Waals surface area contributed by atoms with Crippen LogP contribution in [-0.2, 0) is 21.0 Å². The molecule has 5 rings (SSSR count). The molecule has 7 nitrogen and oxygen atoms in total. The molecule has 0 radical (unpaired) electrons. The van der Waals surface area contributed by atoms with Crippen molar-refractivity contribution in [2.75, 3.05) is 6.61 Å². The van der Waals surface area contributed by atoms with E-state index in [1.807, 2.05) is 12.1 Å². The fourth-order valence-electron chi connectivity index (χ4n) is 8.17. The molecule has 4 aliphatic rings. The predicted octanol–water partition coefficient (Wildman–Crippen LogP) is 4.35. The maximum absolute atomic E-state index is 12.4. The molecule has 3 fully saturated rings. The van der Waals surface area contributed by atoms with Crippen molar-refractivity contribution in [1.29, 1.82) is 0 Å². The molecule has 4 aliphatic carbocycles. The molecular weight excluding hydrogens is 454 g/mol. The van der Waals surface area contributed by atoms with Crippen LogP contribution < -0.4 is 5.32 Å². The number of carbonyl (C=O) groups excluding carboxylic acids is 2. The summed E-state index contributed by atoms with van der Waals surface area (Å²) in [7, 11) is 0. The zero-order valence-electron chi connectivity index (χ0n) is 21.8. The lowest BCUT2D eigenvalue weighted by atomic mass is 9.46. The number of oxime groups is 1. The van der Waals surface area contributed by atoms with E-state index in [0.29, 0.717) is 30.7 Å². The predicted molar refractivity (Wildman–Crippen MR) is 137 cm³/mol. The molecule has 1 aromatic rings. The van der Waals surface area contributed by atoms with Gasteiger partial charge in [0.2, 0.25) is 0 Å². The van der Waals surface area contributed by atoms with Gasteiger partial charge in [-0.2, -0.15) is 0 Å². The van der Waals surface area contributed by atoms with Crippen LogP contribution in [0.2, 0.25) is 0 Å². The third-order valence-electron chi connectivity index (χ3n) is 10.3. The molecule has 3 saturated carbocycles. The molecule has 1 amide bonds. The van der Waals surface area contributed by atoms with Crippen molar-refractivity contribution in [2.24, 2.45) is 33.7 Å². The first-order valence-corrected chi connectivity index (χ1v) is 13.5. The molecule has 0 aliphatic heterocycles. The van der Waals surface area contributed by atoms with E-state index in [-0.39, 0.29) is 29.1 Å². The van der Waals surface area contributed by atoms with Gasteiger partial charge in [0, 0.05) is 24.4 Å². The smallest absolute Gasteiger partial charge is 0.261 e. The Morgan fingerprint density at radius 1 is 1.17 bits per heavy atom. The van der Waals surface area contributed by atoms with Crippen LogP contribution in [0.4, 0.5) is 0 Å². The van der Waals surface area contributed by atoms with Crippen molar-refractivity contribution in [3.63, 3.8) is 0 Å². The third-order valence-corrected chi connectivity index (χ3v) is 10.3. The van der Waals surface area contributed by atoms with Crippen LogP contribution in [0.1, 0.15) is 77.7 Å². The number of aliphatic hydroxyl groups is 1. The molecular formula is C29H39N3O4.